The van der Waals surface area contributed by atoms with Gasteiger partial charge in [-0.25, -0.2) is 0 Å². The number of aliphatic hydroxyl groups is 1. The van der Waals surface area contributed by atoms with E-state index in [2.05, 4.69) is 6.58 Å². The zero-order chi connectivity index (χ0) is 11.4. The highest BCUT2D eigenvalue weighted by atomic mass is 35.5. The van der Waals surface area contributed by atoms with Crippen LogP contribution in [0.2, 0.25) is 5.02 Å². The molecule has 0 aromatic heterocycles. The smallest absolute Gasteiger partial charge is 0.0827 e. The van der Waals surface area contributed by atoms with Gasteiger partial charge in [0.25, 0.3) is 0 Å². The van der Waals surface area contributed by atoms with Crippen LogP contribution in [0.3, 0.4) is 0 Å². The third-order valence-corrected chi connectivity index (χ3v) is 2.65. The second-order valence-corrected chi connectivity index (χ2v) is 4.32. The molecule has 0 saturated carbocycles. The van der Waals surface area contributed by atoms with E-state index in [1.54, 1.807) is 0 Å². The Morgan fingerprint density at radius 1 is 1.47 bits per heavy atom. The normalized spacial score (nSPS) is 12.5. The summed E-state index contributed by atoms with van der Waals surface area (Å²) in [4.78, 5) is 0. The van der Waals surface area contributed by atoms with E-state index in [1.165, 1.54) is 0 Å². The lowest BCUT2D eigenvalue weighted by Crippen LogP contribution is -1.99. The molecule has 0 saturated heterocycles. The van der Waals surface area contributed by atoms with Crippen LogP contribution in [0.15, 0.2) is 30.4 Å². The van der Waals surface area contributed by atoms with Crippen molar-refractivity contribution in [2.24, 2.45) is 0 Å². The molecule has 0 radical (unpaired) electrons. The topological polar surface area (TPSA) is 20.2 Å². The summed E-state index contributed by atoms with van der Waals surface area (Å²) < 4.78 is 0. The minimum Gasteiger partial charge on any atom is -0.388 e. The maximum absolute atomic E-state index is 9.95. The van der Waals surface area contributed by atoms with E-state index < -0.39 is 6.10 Å². The Hall–Kier alpha value is -0.790. The zero-order valence-corrected chi connectivity index (χ0v) is 10.0. The van der Waals surface area contributed by atoms with Crippen molar-refractivity contribution in [3.63, 3.8) is 0 Å². The third kappa shape index (κ3) is 3.69. The van der Waals surface area contributed by atoms with Gasteiger partial charge in [0, 0.05) is 5.02 Å². The summed E-state index contributed by atoms with van der Waals surface area (Å²) in [6, 6.07) is 5.65. The molecule has 0 aliphatic rings. The molecule has 1 unspecified atom stereocenters. The molecule has 1 aromatic rings. The first-order chi connectivity index (χ1) is 7.02. The monoisotopic (exact) mass is 224 g/mol. The molecule has 1 N–H and O–H groups in total. The van der Waals surface area contributed by atoms with E-state index in [1.807, 2.05) is 32.0 Å². The van der Waals surface area contributed by atoms with Crippen LogP contribution in [0.25, 0.3) is 0 Å². The molecular weight excluding hydrogens is 208 g/mol. The van der Waals surface area contributed by atoms with Gasteiger partial charge in [0.05, 0.1) is 6.10 Å². The van der Waals surface area contributed by atoms with Crippen molar-refractivity contribution >= 4 is 11.6 Å². The maximum atomic E-state index is 9.95. The molecule has 0 fully saturated rings. The first kappa shape index (κ1) is 12.3. The lowest BCUT2D eigenvalue weighted by atomic mass is 10.00. The summed E-state index contributed by atoms with van der Waals surface area (Å²) in [5.41, 5.74) is 2.99. The summed E-state index contributed by atoms with van der Waals surface area (Å²) in [6.45, 7) is 7.90. The van der Waals surface area contributed by atoms with Gasteiger partial charge in [0.1, 0.15) is 0 Å². The number of rotatable bonds is 4. The molecule has 0 spiro atoms. The summed E-state index contributed by atoms with van der Waals surface area (Å²) in [7, 11) is 0. The maximum Gasteiger partial charge on any atom is 0.0827 e. The van der Waals surface area contributed by atoms with Crippen molar-refractivity contribution in [2.75, 3.05) is 0 Å². The largest absolute Gasteiger partial charge is 0.388 e. The molecule has 0 amide bonds. The number of aliphatic hydroxyl groups excluding tert-OH is 1. The quantitative estimate of drug-likeness (QED) is 0.766. The third-order valence-electron chi connectivity index (χ3n) is 2.43. The van der Waals surface area contributed by atoms with Crippen molar-refractivity contribution in [1.82, 2.24) is 0 Å². The van der Waals surface area contributed by atoms with Crippen LogP contribution in [0.5, 0.6) is 0 Å². The highest BCUT2D eigenvalue weighted by Gasteiger charge is 2.09. The Balaban J connectivity index is 2.81. The van der Waals surface area contributed by atoms with Crippen molar-refractivity contribution in [1.29, 1.82) is 0 Å². The highest BCUT2D eigenvalue weighted by Crippen LogP contribution is 2.25. The molecule has 1 rings (SSSR count). The Labute approximate surface area is 96.4 Å². The summed E-state index contributed by atoms with van der Waals surface area (Å²) >= 11 is 5.93. The average Bonchev–Trinajstić information content (AvgIpc) is 2.16. The Morgan fingerprint density at radius 2 is 2.13 bits per heavy atom. The van der Waals surface area contributed by atoms with Gasteiger partial charge in [-0.05, 0) is 43.0 Å². The molecular formula is C13H17ClO. The fourth-order valence-electron chi connectivity index (χ4n) is 1.49. The van der Waals surface area contributed by atoms with E-state index in [0.717, 1.165) is 23.1 Å². The second-order valence-electron chi connectivity index (χ2n) is 3.89. The first-order valence-corrected chi connectivity index (χ1v) is 5.52. The molecule has 0 bridgehead atoms. The van der Waals surface area contributed by atoms with Gasteiger partial charge in [-0.1, -0.05) is 36.7 Å². The van der Waals surface area contributed by atoms with Crippen molar-refractivity contribution in [3.05, 3.63) is 46.5 Å². The van der Waals surface area contributed by atoms with Crippen LogP contribution < -0.4 is 0 Å². The van der Waals surface area contributed by atoms with Crippen molar-refractivity contribution < 1.29 is 5.11 Å². The average molecular weight is 225 g/mol. The lowest BCUT2D eigenvalue weighted by Gasteiger charge is -2.13. The van der Waals surface area contributed by atoms with E-state index in [4.69, 9.17) is 11.6 Å². The van der Waals surface area contributed by atoms with Crippen LogP contribution in [0, 0.1) is 6.92 Å². The van der Waals surface area contributed by atoms with E-state index in [0.29, 0.717) is 11.4 Å². The molecule has 0 aliphatic heterocycles. The van der Waals surface area contributed by atoms with E-state index >= 15 is 0 Å². The van der Waals surface area contributed by atoms with Crippen molar-refractivity contribution in [2.45, 2.75) is 32.8 Å². The predicted octanol–water partition coefficient (Wildman–Crippen LogP) is 4.04. The lowest BCUT2D eigenvalue weighted by molar-refractivity contribution is 0.177. The number of hydrogen-bond acceptors (Lipinski definition) is 1. The molecule has 82 valence electrons. The molecule has 0 aliphatic carbocycles. The van der Waals surface area contributed by atoms with E-state index in [-0.39, 0.29) is 0 Å². The van der Waals surface area contributed by atoms with Gasteiger partial charge in [0.2, 0.25) is 0 Å². The van der Waals surface area contributed by atoms with Crippen LogP contribution in [-0.4, -0.2) is 5.11 Å². The summed E-state index contributed by atoms with van der Waals surface area (Å²) in [5, 5.41) is 10.6. The summed E-state index contributed by atoms with van der Waals surface area (Å²) in [6.07, 6.45) is 1.02. The number of aryl methyl sites for hydroxylation is 1. The molecule has 1 atom stereocenters. The number of benzene rings is 1. The van der Waals surface area contributed by atoms with Crippen molar-refractivity contribution in [3.8, 4) is 0 Å². The van der Waals surface area contributed by atoms with Gasteiger partial charge < -0.3 is 5.11 Å². The summed E-state index contributed by atoms with van der Waals surface area (Å²) in [5.74, 6) is 0. The number of halogens is 1. The molecule has 0 heterocycles. The first-order valence-electron chi connectivity index (χ1n) is 5.14. The van der Waals surface area contributed by atoms with Gasteiger partial charge in [-0.3, -0.25) is 0 Å². The fourth-order valence-corrected chi connectivity index (χ4v) is 1.79. The van der Waals surface area contributed by atoms with Crippen LogP contribution >= 0.6 is 11.6 Å². The van der Waals surface area contributed by atoms with Gasteiger partial charge in [-0.2, -0.15) is 0 Å². The second kappa shape index (κ2) is 5.34. The zero-order valence-electron chi connectivity index (χ0n) is 9.26. The molecule has 1 aromatic carbocycles. The predicted molar refractivity (Wildman–Crippen MR) is 65.2 cm³/mol. The number of hydrogen-bond donors (Lipinski definition) is 1. The van der Waals surface area contributed by atoms with E-state index in [9.17, 15) is 5.11 Å². The minimum atomic E-state index is -0.491. The fraction of sp³-hybridized carbons (Fsp3) is 0.385. The molecule has 2 heteroatoms. The van der Waals surface area contributed by atoms with Crippen LogP contribution in [-0.2, 0) is 0 Å². The van der Waals surface area contributed by atoms with Gasteiger partial charge >= 0.3 is 0 Å². The Bertz CT molecular complexity index is 337. The van der Waals surface area contributed by atoms with Gasteiger partial charge in [0.15, 0.2) is 0 Å². The Morgan fingerprint density at radius 3 is 2.67 bits per heavy atom. The Kier molecular flexibility index (Phi) is 4.37. The van der Waals surface area contributed by atoms with Crippen LogP contribution in [0.4, 0.5) is 0 Å². The van der Waals surface area contributed by atoms with Crippen LogP contribution in [0.1, 0.15) is 37.0 Å². The van der Waals surface area contributed by atoms with Gasteiger partial charge in [-0.15, -0.1) is 0 Å². The standard InChI is InChI=1S/C13H17ClO/c1-4-9(2)7-13(15)11-5-10(3)6-12(14)8-11/h5-6,8,13,15H,2,4,7H2,1,3H3. The highest BCUT2D eigenvalue weighted by molar-refractivity contribution is 6.30. The molecule has 1 nitrogen and oxygen atoms in total. The minimum absolute atomic E-state index is 0.491. The molecule has 15 heavy (non-hydrogen) atoms. The SMILES string of the molecule is C=C(CC)CC(O)c1cc(C)cc(Cl)c1.